The maximum atomic E-state index is 14.4. The van der Waals surface area contributed by atoms with Gasteiger partial charge in [-0.2, -0.15) is 0 Å². The first-order valence-corrected chi connectivity index (χ1v) is 14.2. The zero-order valence-electron chi connectivity index (χ0n) is 23.6. The SMILES string of the molecule is Cc1cc(CN(C)CC2(O)CCC2)cc2nc(-c3cc(-c4ccc(F)cc4-c4nncn4C)cc(C4CC4)n3)oc12. The summed E-state index contributed by atoms with van der Waals surface area (Å²) in [5.41, 5.74) is 7.16. The van der Waals surface area contributed by atoms with Gasteiger partial charge in [-0.25, -0.2) is 14.4 Å². The van der Waals surface area contributed by atoms with E-state index in [4.69, 9.17) is 14.4 Å². The number of fused-ring (bicyclic) bond motifs is 1. The highest BCUT2D eigenvalue weighted by molar-refractivity contribution is 5.84. The maximum Gasteiger partial charge on any atom is 0.246 e. The molecule has 2 aliphatic carbocycles. The molecule has 9 heteroatoms. The van der Waals surface area contributed by atoms with Crippen molar-refractivity contribution in [1.29, 1.82) is 0 Å². The maximum absolute atomic E-state index is 14.4. The summed E-state index contributed by atoms with van der Waals surface area (Å²) in [5.74, 6) is 1.11. The summed E-state index contributed by atoms with van der Waals surface area (Å²) in [4.78, 5) is 12.0. The van der Waals surface area contributed by atoms with Crippen molar-refractivity contribution in [2.75, 3.05) is 13.6 Å². The molecule has 2 saturated carbocycles. The molecule has 41 heavy (non-hydrogen) atoms. The van der Waals surface area contributed by atoms with Crippen molar-refractivity contribution in [1.82, 2.24) is 29.6 Å². The molecule has 0 amide bonds. The number of halogens is 1. The van der Waals surface area contributed by atoms with Crippen LogP contribution in [0.15, 0.2) is 53.2 Å². The third-order valence-electron chi connectivity index (χ3n) is 8.34. The smallest absolute Gasteiger partial charge is 0.246 e. The fraction of sp³-hybridized carbons (Fsp3) is 0.375. The fourth-order valence-corrected chi connectivity index (χ4v) is 5.97. The molecule has 210 valence electrons. The Morgan fingerprint density at radius 2 is 1.93 bits per heavy atom. The molecule has 5 aromatic rings. The van der Waals surface area contributed by atoms with Crippen LogP contribution in [0.5, 0.6) is 0 Å². The third kappa shape index (κ3) is 5.04. The lowest BCUT2D eigenvalue weighted by molar-refractivity contribution is -0.0555. The molecular formula is C32H33FN6O2. The van der Waals surface area contributed by atoms with Gasteiger partial charge in [0.2, 0.25) is 5.89 Å². The van der Waals surface area contributed by atoms with Gasteiger partial charge in [-0.15, -0.1) is 10.2 Å². The summed E-state index contributed by atoms with van der Waals surface area (Å²) in [6.07, 6.45) is 6.63. The van der Waals surface area contributed by atoms with Crippen molar-refractivity contribution in [3.63, 3.8) is 0 Å². The Labute approximate surface area is 237 Å². The summed E-state index contributed by atoms with van der Waals surface area (Å²) in [6, 6.07) is 13.0. The lowest BCUT2D eigenvalue weighted by Gasteiger charge is -2.39. The van der Waals surface area contributed by atoms with Crippen LogP contribution in [0.4, 0.5) is 4.39 Å². The molecule has 3 aromatic heterocycles. The van der Waals surface area contributed by atoms with E-state index in [1.807, 2.05) is 27.1 Å². The molecule has 3 heterocycles. The molecule has 0 spiro atoms. The largest absolute Gasteiger partial charge is 0.434 e. The normalized spacial score (nSPS) is 16.4. The topological polar surface area (TPSA) is 93.1 Å². The Hall–Kier alpha value is -3.95. The summed E-state index contributed by atoms with van der Waals surface area (Å²) >= 11 is 0. The van der Waals surface area contributed by atoms with Gasteiger partial charge in [0, 0.05) is 37.3 Å². The zero-order valence-corrected chi connectivity index (χ0v) is 23.6. The van der Waals surface area contributed by atoms with Crippen molar-refractivity contribution in [2.45, 2.75) is 57.1 Å². The van der Waals surface area contributed by atoms with Crippen LogP contribution in [0, 0.1) is 12.7 Å². The molecule has 1 N–H and O–H groups in total. The number of oxazole rings is 1. The molecular weight excluding hydrogens is 519 g/mol. The van der Waals surface area contributed by atoms with Crippen molar-refractivity contribution in [3.05, 3.63) is 71.4 Å². The molecule has 2 aliphatic rings. The number of hydrogen-bond donors (Lipinski definition) is 1. The summed E-state index contributed by atoms with van der Waals surface area (Å²) in [5, 5.41) is 18.8. The van der Waals surface area contributed by atoms with E-state index in [0.29, 0.717) is 35.4 Å². The summed E-state index contributed by atoms with van der Waals surface area (Å²) in [7, 11) is 3.89. The zero-order chi connectivity index (χ0) is 28.3. The average molecular weight is 553 g/mol. The molecule has 7 rings (SSSR count). The number of hydrogen-bond acceptors (Lipinski definition) is 7. The van der Waals surface area contributed by atoms with Crippen LogP contribution in [0.25, 0.3) is 45.2 Å². The van der Waals surface area contributed by atoms with Gasteiger partial charge in [-0.1, -0.05) is 12.1 Å². The van der Waals surface area contributed by atoms with Gasteiger partial charge in [0.15, 0.2) is 11.4 Å². The molecule has 0 aliphatic heterocycles. The number of aliphatic hydroxyl groups is 1. The van der Waals surface area contributed by atoms with Crippen LogP contribution < -0.4 is 0 Å². The van der Waals surface area contributed by atoms with Gasteiger partial charge < -0.3 is 14.1 Å². The van der Waals surface area contributed by atoms with E-state index >= 15 is 0 Å². The van der Waals surface area contributed by atoms with Crippen molar-refractivity contribution >= 4 is 11.1 Å². The monoisotopic (exact) mass is 552 g/mol. The Morgan fingerprint density at radius 1 is 1.10 bits per heavy atom. The number of likely N-dealkylation sites (N-methyl/N-ethyl adjacent to an activating group) is 1. The van der Waals surface area contributed by atoms with Crippen LogP contribution in [0.2, 0.25) is 0 Å². The number of pyridine rings is 1. The summed E-state index contributed by atoms with van der Waals surface area (Å²) < 4.78 is 22.5. The number of nitrogens with zero attached hydrogens (tertiary/aromatic N) is 6. The lowest BCUT2D eigenvalue weighted by atomic mass is 9.80. The van der Waals surface area contributed by atoms with Gasteiger partial charge in [0.25, 0.3) is 0 Å². The van der Waals surface area contributed by atoms with Gasteiger partial charge in [0.05, 0.1) is 5.60 Å². The Bertz CT molecular complexity index is 1770. The second-order valence-electron chi connectivity index (χ2n) is 11.9. The standard InChI is InChI=1S/C32H33FN6O2/c1-19-11-20(16-38(2)17-32(40)9-4-10-32)12-27-29(19)41-31(36-27)28-14-22(13-26(35-28)21-5-6-21)24-8-7-23(33)15-25(24)30-37-34-18-39(30)3/h7-8,11-15,18,21,40H,4-6,9-10,16-17H2,1-3H3. The van der Waals surface area contributed by atoms with E-state index in [1.165, 1.54) is 12.1 Å². The first kappa shape index (κ1) is 26.0. The van der Waals surface area contributed by atoms with Crippen LogP contribution in [-0.4, -0.2) is 53.9 Å². The van der Waals surface area contributed by atoms with Gasteiger partial charge in [-0.05, 0) is 98.7 Å². The molecule has 0 unspecified atom stereocenters. The first-order chi connectivity index (χ1) is 19.7. The second kappa shape index (κ2) is 9.85. The minimum atomic E-state index is -0.553. The Kier molecular flexibility index (Phi) is 6.24. The van der Waals surface area contributed by atoms with Gasteiger partial charge in [0.1, 0.15) is 23.4 Å². The number of aromatic nitrogens is 5. The van der Waals surface area contributed by atoms with Gasteiger partial charge in [-0.3, -0.25) is 4.90 Å². The predicted octanol–water partition coefficient (Wildman–Crippen LogP) is 6.02. The first-order valence-electron chi connectivity index (χ1n) is 14.2. The number of aryl methyl sites for hydroxylation is 2. The molecule has 2 aromatic carbocycles. The Morgan fingerprint density at radius 3 is 2.63 bits per heavy atom. The lowest BCUT2D eigenvalue weighted by Crippen LogP contribution is -2.46. The predicted molar refractivity (Wildman–Crippen MR) is 154 cm³/mol. The number of benzene rings is 2. The molecule has 0 radical (unpaired) electrons. The highest BCUT2D eigenvalue weighted by Gasteiger charge is 2.35. The molecule has 0 saturated heterocycles. The van der Waals surface area contributed by atoms with E-state index < -0.39 is 5.60 Å². The highest BCUT2D eigenvalue weighted by atomic mass is 19.1. The van der Waals surface area contributed by atoms with Crippen LogP contribution in [0.1, 0.15) is 54.8 Å². The van der Waals surface area contributed by atoms with Crippen LogP contribution in [-0.2, 0) is 13.6 Å². The van der Waals surface area contributed by atoms with E-state index in [9.17, 15) is 9.50 Å². The van der Waals surface area contributed by atoms with Crippen LogP contribution in [0.3, 0.4) is 0 Å². The van der Waals surface area contributed by atoms with Crippen molar-refractivity contribution < 1.29 is 13.9 Å². The second-order valence-corrected chi connectivity index (χ2v) is 11.9. The quantitative estimate of drug-likeness (QED) is 0.251. The fourth-order valence-electron chi connectivity index (χ4n) is 5.97. The highest BCUT2D eigenvalue weighted by Crippen LogP contribution is 2.43. The van der Waals surface area contributed by atoms with E-state index in [1.54, 1.807) is 17.0 Å². The number of rotatable bonds is 8. The summed E-state index contributed by atoms with van der Waals surface area (Å²) in [6.45, 7) is 3.41. The van der Waals surface area contributed by atoms with Crippen LogP contribution >= 0.6 is 0 Å². The Balaban J connectivity index is 1.27. The molecule has 2 fully saturated rings. The third-order valence-corrected chi connectivity index (χ3v) is 8.34. The van der Waals surface area contributed by atoms with Gasteiger partial charge >= 0.3 is 0 Å². The average Bonchev–Trinajstić information content (AvgIpc) is 3.54. The minimum absolute atomic E-state index is 0.332. The van der Waals surface area contributed by atoms with E-state index in [2.05, 4.69) is 33.3 Å². The molecule has 8 nitrogen and oxygen atoms in total. The van der Waals surface area contributed by atoms with E-state index in [0.717, 1.165) is 77.7 Å². The van der Waals surface area contributed by atoms with Crippen molar-refractivity contribution in [2.24, 2.45) is 7.05 Å². The molecule has 0 bridgehead atoms. The molecule has 0 atom stereocenters. The van der Waals surface area contributed by atoms with E-state index in [-0.39, 0.29) is 5.82 Å². The van der Waals surface area contributed by atoms with Crippen molar-refractivity contribution in [3.8, 4) is 34.1 Å². The minimum Gasteiger partial charge on any atom is -0.434 e.